The van der Waals surface area contributed by atoms with Crippen molar-refractivity contribution >= 4 is 23.8 Å². The molecule has 2 atom stereocenters. The molecule has 6 heteroatoms. The average Bonchev–Trinajstić information content (AvgIpc) is 2.34. The number of carboxylic acids is 1. The Morgan fingerprint density at radius 1 is 1.26 bits per heavy atom. The Morgan fingerprint density at radius 3 is 2.47 bits per heavy atom. The lowest BCUT2D eigenvalue weighted by Gasteiger charge is -2.16. The molecular formula is C13H26N2O3S. The predicted octanol–water partition coefficient (Wildman–Crippen LogP) is 2.32. The van der Waals surface area contributed by atoms with E-state index < -0.39 is 11.9 Å². The molecule has 0 rings (SSSR count). The van der Waals surface area contributed by atoms with Gasteiger partial charge in [0, 0.05) is 12.6 Å². The van der Waals surface area contributed by atoms with Gasteiger partial charge in [0.05, 0.1) is 5.92 Å². The molecule has 0 aliphatic heterocycles. The largest absolute Gasteiger partial charge is 0.481 e. The van der Waals surface area contributed by atoms with Crippen LogP contribution in [-0.4, -0.2) is 41.2 Å². The fourth-order valence-corrected chi connectivity index (χ4v) is 2.44. The van der Waals surface area contributed by atoms with Crippen LogP contribution >= 0.6 is 11.8 Å². The minimum atomic E-state index is -0.852. The first-order chi connectivity index (χ1) is 9.01. The zero-order valence-electron chi connectivity index (χ0n) is 12.1. The van der Waals surface area contributed by atoms with E-state index in [0.717, 1.165) is 24.3 Å². The molecule has 0 aliphatic carbocycles. The topological polar surface area (TPSA) is 78.4 Å². The van der Waals surface area contributed by atoms with Gasteiger partial charge in [-0.15, -0.1) is 0 Å². The predicted molar refractivity (Wildman–Crippen MR) is 79.6 cm³/mol. The summed E-state index contributed by atoms with van der Waals surface area (Å²) in [6.45, 7) is 6.18. The van der Waals surface area contributed by atoms with Crippen molar-refractivity contribution in [2.24, 2.45) is 5.92 Å². The number of urea groups is 1. The normalized spacial score (nSPS) is 13.6. The van der Waals surface area contributed by atoms with Crippen LogP contribution in [0.1, 0.15) is 40.0 Å². The number of hydrogen-bond donors (Lipinski definition) is 3. The summed E-state index contributed by atoms with van der Waals surface area (Å²) in [5.41, 5.74) is 0. The summed E-state index contributed by atoms with van der Waals surface area (Å²) in [5.74, 6) is 0.748. The third kappa shape index (κ3) is 9.64. The van der Waals surface area contributed by atoms with E-state index in [9.17, 15) is 9.59 Å². The number of carbonyl (C=O) groups excluding carboxylic acids is 1. The molecule has 112 valence electrons. The van der Waals surface area contributed by atoms with E-state index in [-0.39, 0.29) is 18.6 Å². The summed E-state index contributed by atoms with van der Waals surface area (Å²) in [4.78, 5) is 22.5. The van der Waals surface area contributed by atoms with Crippen molar-refractivity contribution in [1.82, 2.24) is 10.6 Å². The van der Waals surface area contributed by atoms with Crippen molar-refractivity contribution in [2.45, 2.75) is 46.1 Å². The van der Waals surface area contributed by atoms with Gasteiger partial charge in [0.25, 0.3) is 0 Å². The Morgan fingerprint density at radius 2 is 1.95 bits per heavy atom. The average molecular weight is 290 g/mol. The summed E-state index contributed by atoms with van der Waals surface area (Å²) < 4.78 is 0. The van der Waals surface area contributed by atoms with Crippen LogP contribution < -0.4 is 10.6 Å². The maximum absolute atomic E-state index is 11.6. The summed E-state index contributed by atoms with van der Waals surface area (Å²) in [5, 5.41) is 14.4. The smallest absolute Gasteiger partial charge is 0.315 e. The molecule has 5 nitrogen and oxygen atoms in total. The van der Waals surface area contributed by atoms with Crippen LogP contribution in [0.3, 0.4) is 0 Å². The number of rotatable bonds is 10. The Labute approximate surface area is 119 Å². The standard InChI is InChI=1S/C13H26N2O3S/c1-4-6-11(12(16)17)9-14-13(18)15-10(3)7-8-19-5-2/h10-11H,4-9H2,1-3H3,(H,16,17)(H2,14,15,18). The van der Waals surface area contributed by atoms with Gasteiger partial charge in [-0.05, 0) is 31.3 Å². The quantitative estimate of drug-likeness (QED) is 0.540. The lowest BCUT2D eigenvalue weighted by Crippen LogP contribution is -2.43. The minimum Gasteiger partial charge on any atom is -0.481 e. The summed E-state index contributed by atoms with van der Waals surface area (Å²) in [6, 6.07) is -0.176. The molecule has 2 unspecified atom stereocenters. The first kappa shape index (κ1) is 18.1. The molecule has 2 amide bonds. The molecule has 0 aromatic heterocycles. The SMILES string of the molecule is CCCC(CNC(=O)NC(C)CCSCC)C(=O)O. The van der Waals surface area contributed by atoms with E-state index in [1.54, 1.807) is 0 Å². The second kappa shape index (κ2) is 11.0. The van der Waals surface area contributed by atoms with Gasteiger partial charge >= 0.3 is 12.0 Å². The van der Waals surface area contributed by atoms with Gasteiger partial charge < -0.3 is 15.7 Å². The van der Waals surface area contributed by atoms with Gasteiger partial charge in [-0.2, -0.15) is 11.8 Å². The molecule has 0 aromatic carbocycles. The first-order valence-electron chi connectivity index (χ1n) is 6.86. The fraction of sp³-hybridized carbons (Fsp3) is 0.846. The Hall–Kier alpha value is -0.910. The third-order valence-electron chi connectivity index (χ3n) is 2.77. The minimum absolute atomic E-state index is 0.105. The van der Waals surface area contributed by atoms with Crippen LogP contribution in [-0.2, 0) is 4.79 Å². The number of hydrogen-bond acceptors (Lipinski definition) is 3. The monoisotopic (exact) mass is 290 g/mol. The fourth-order valence-electron chi connectivity index (χ4n) is 1.63. The first-order valence-corrected chi connectivity index (χ1v) is 8.01. The third-order valence-corrected chi connectivity index (χ3v) is 3.70. The highest BCUT2D eigenvalue weighted by atomic mass is 32.2. The summed E-state index contributed by atoms with van der Waals surface area (Å²) >= 11 is 1.84. The van der Waals surface area contributed by atoms with E-state index in [2.05, 4.69) is 17.6 Å². The van der Waals surface area contributed by atoms with Crippen molar-refractivity contribution in [3.05, 3.63) is 0 Å². The van der Waals surface area contributed by atoms with E-state index in [0.29, 0.717) is 6.42 Å². The molecule has 0 aromatic rings. The van der Waals surface area contributed by atoms with Gasteiger partial charge in [0.1, 0.15) is 0 Å². The maximum Gasteiger partial charge on any atom is 0.315 e. The number of thioether (sulfide) groups is 1. The molecular weight excluding hydrogens is 264 g/mol. The molecule has 0 saturated heterocycles. The maximum atomic E-state index is 11.6. The van der Waals surface area contributed by atoms with Crippen molar-refractivity contribution < 1.29 is 14.7 Å². The second-order valence-electron chi connectivity index (χ2n) is 4.56. The van der Waals surface area contributed by atoms with Crippen molar-refractivity contribution in [2.75, 3.05) is 18.1 Å². The zero-order chi connectivity index (χ0) is 14.7. The molecule has 0 fully saturated rings. The van der Waals surface area contributed by atoms with Gasteiger partial charge in [-0.25, -0.2) is 4.79 Å². The molecule has 0 radical (unpaired) electrons. The van der Waals surface area contributed by atoms with Gasteiger partial charge in [0.15, 0.2) is 0 Å². The summed E-state index contributed by atoms with van der Waals surface area (Å²) in [6.07, 6.45) is 2.30. The second-order valence-corrected chi connectivity index (χ2v) is 5.96. The van der Waals surface area contributed by atoms with E-state index in [1.165, 1.54) is 0 Å². The number of carbonyl (C=O) groups is 2. The van der Waals surface area contributed by atoms with Crippen LogP contribution in [0, 0.1) is 5.92 Å². The van der Waals surface area contributed by atoms with E-state index >= 15 is 0 Å². The molecule has 3 N–H and O–H groups in total. The van der Waals surface area contributed by atoms with Crippen LogP contribution in [0.25, 0.3) is 0 Å². The highest BCUT2D eigenvalue weighted by Crippen LogP contribution is 2.05. The van der Waals surface area contributed by atoms with Crippen LogP contribution in [0.2, 0.25) is 0 Å². The number of aliphatic carboxylic acids is 1. The Kier molecular flexibility index (Phi) is 10.4. The molecule has 0 bridgehead atoms. The molecule has 0 heterocycles. The van der Waals surface area contributed by atoms with E-state index in [4.69, 9.17) is 5.11 Å². The number of nitrogens with one attached hydrogen (secondary N) is 2. The van der Waals surface area contributed by atoms with Crippen molar-refractivity contribution in [1.29, 1.82) is 0 Å². The number of carboxylic acid groups (broad SMARTS) is 1. The Bertz CT molecular complexity index is 275. The molecule has 0 spiro atoms. The summed E-state index contributed by atoms with van der Waals surface area (Å²) in [7, 11) is 0. The van der Waals surface area contributed by atoms with Gasteiger partial charge in [-0.3, -0.25) is 4.79 Å². The van der Waals surface area contributed by atoms with Crippen LogP contribution in [0.4, 0.5) is 4.79 Å². The highest BCUT2D eigenvalue weighted by Gasteiger charge is 2.17. The Balaban J connectivity index is 3.86. The zero-order valence-corrected chi connectivity index (χ0v) is 12.9. The lowest BCUT2D eigenvalue weighted by atomic mass is 10.0. The lowest BCUT2D eigenvalue weighted by molar-refractivity contribution is -0.141. The van der Waals surface area contributed by atoms with E-state index in [1.807, 2.05) is 25.6 Å². The molecule has 19 heavy (non-hydrogen) atoms. The van der Waals surface area contributed by atoms with Crippen molar-refractivity contribution in [3.8, 4) is 0 Å². The van der Waals surface area contributed by atoms with Crippen LogP contribution in [0.5, 0.6) is 0 Å². The number of amides is 2. The molecule has 0 aliphatic rings. The molecule has 0 saturated carbocycles. The van der Waals surface area contributed by atoms with Gasteiger partial charge in [-0.1, -0.05) is 20.3 Å². The highest BCUT2D eigenvalue weighted by molar-refractivity contribution is 7.99. The van der Waals surface area contributed by atoms with Crippen LogP contribution in [0.15, 0.2) is 0 Å². The van der Waals surface area contributed by atoms with Crippen molar-refractivity contribution in [3.63, 3.8) is 0 Å². The van der Waals surface area contributed by atoms with Gasteiger partial charge in [0.2, 0.25) is 0 Å².